The normalized spacial score (nSPS) is 14.8. The van der Waals surface area contributed by atoms with Crippen LogP contribution in [0.5, 0.6) is 5.75 Å². The van der Waals surface area contributed by atoms with E-state index in [-0.39, 0.29) is 17.7 Å². The van der Waals surface area contributed by atoms with E-state index in [0.29, 0.717) is 48.1 Å². The molecule has 1 aliphatic heterocycles. The third-order valence-electron chi connectivity index (χ3n) is 4.47. The molecule has 0 spiro atoms. The van der Waals surface area contributed by atoms with E-state index in [1.807, 2.05) is 0 Å². The van der Waals surface area contributed by atoms with Crippen LogP contribution in [0.1, 0.15) is 23.2 Å². The second-order valence-corrected chi connectivity index (χ2v) is 6.58. The van der Waals surface area contributed by atoms with E-state index in [1.165, 1.54) is 6.20 Å². The quantitative estimate of drug-likeness (QED) is 0.893. The molecule has 26 heavy (non-hydrogen) atoms. The molecule has 0 saturated carbocycles. The summed E-state index contributed by atoms with van der Waals surface area (Å²) in [6.45, 7) is 1.11. The van der Waals surface area contributed by atoms with Gasteiger partial charge in [0.15, 0.2) is 0 Å². The first-order chi connectivity index (χ1) is 12.6. The van der Waals surface area contributed by atoms with Crippen LogP contribution >= 0.6 is 11.6 Å². The van der Waals surface area contributed by atoms with Crippen LogP contribution in [0.15, 0.2) is 42.6 Å². The fraction of sp³-hybridized carbons (Fsp3) is 0.316. The Morgan fingerprint density at radius 1 is 1.15 bits per heavy atom. The van der Waals surface area contributed by atoms with Crippen LogP contribution in [-0.2, 0) is 4.79 Å². The van der Waals surface area contributed by atoms with Gasteiger partial charge in [0.25, 0.3) is 5.91 Å². The maximum atomic E-state index is 12.6. The van der Waals surface area contributed by atoms with Crippen LogP contribution in [0.2, 0.25) is 5.02 Å². The monoisotopic (exact) mass is 373 g/mol. The molecule has 1 aliphatic rings. The number of amides is 2. The van der Waals surface area contributed by atoms with Crippen molar-refractivity contribution in [1.82, 2.24) is 9.88 Å². The van der Waals surface area contributed by atoms with Gasteiger partial charge in [0.1, 0.15) is 11.6 Å². The molecule has 2 aromatic rings. The molecule has 6 nitrogen and oxygen atoms in total. The van der Waals surface area contributed by atoms with E-state index >= 15 is 0 Å². The van der Waals surface area contributed by atoms with Gasteiger partial charge in [-0.15, -0.1) is 0 Å². The lowest BCUT2D eigenvalue weighted by Gasteiger charge is -2.31. The highest BCUT2D eigenvalue weighted by molar-refractivity contribution is 6.30. The first kappa shape index (κ1) is 18.2. The number of pyridine rings is 1. The molecule has 0 unspecified atom stereocenters. The number of ether oxygens (including phenoxy) is 1. The second kappa shape index (κ2) is 8.19. The van der Waals surface area contributed by atoms with Gasteiger partial charge in [-0.2, -0.15) is 0 Å². The maximum absolute atomic E-state index is 12.6. The average molecular weight is 374 g/mol. The summed E-state index contributed by atoms with van der Waals surface area (Å²) in [6.07, 6.45) is 2.75. The molecule has 7 heteroatoms. The Morgan fingerprint density at radius 2 is 1.85 bits per heavy atom. The molecule has 3 rings (SSSR count). The molecular formula is C19H20ClN3O3. The molecule has 1 N–H and O–H groups in total. The smallest absolute Gasteiger partial charge is 0.253 e. The van der Waals surface area contributed by atoms with Gasteiger partial charge in [-0.1, -0.05) is 11.6 Å². The van der Waals surface area contributed by atoms with Crippen molar-refractivity contribution in [2.45, 2.75) is 12.8 Å². The summed E-state index contributed by atoms with van der Waals surface area (Å²) in [7, 11) is 1.59. The van der Waals surface area contributed by atoms with Crippen molar-refractivity contribution in [3.05, 3.63) is 53.2 Å². The van der Waals surface area contributed by atoms with Crippen LogP contribution in [0.25, 0.3) is 0 Å². The lowest BCUT2D eigenvalue weighted by atomic mass is 9.95. The number of aromatic nitrogens is 1. The summed E-state index contributed by atoms with van der Waals surface area (Å²) in [4.78, 5) is 30.8. The Bertz CT molecular complexity index is 770. The Balaban J connectivity index is 1.53. The Labute approximate surface area is 157 Å². The zero-order valence-corrected chi connectivity index (χ0v) is 15.2. The van der Waals surface area contributed by atoms with Crippen molar-refractivity contribution < 1.29 is 14.3 Å². The molecule has 1 aromatic carbocycles. The highest BCUT2D eigenvalue weighted by Crippen LogP contribution is 2.22. The van der Waals surface area contributed by atoms with Gasteiger partial charge in [0.05, 0.1) is 12.1 Å². The van der Waals surface area contributed by atoms with Crippen molar-refractivity contribution in [1.29, 1.82) is 0 Å². The molecule has 0 radical (unpaired) electrons. The molecular weight excluding hydrogens is 354 g/mol. The number of rotatable bonds is 4. The van der Waals surface area contributed by atoms with Crippen molar-refractivity contribution in [3.8, 4) is 5.75 Å². The van der Waals surface area contributed by atoms with Crippen molar-refractivity contribution >= 4 is 29.2 Å². The number of carbonyl (C=O) groups is 2. The highest BCUT2D eigenvalue weighted by Gasteiger charge is 2.28. The predicted octanol–water partition coefficient (Wildman–Crippen LogP) is 3.23. The van der Waals surface area contributed by atoms with Crippen LogP contribution in [0.4, 0.5) is 5.82 Å². The molecule has 1 saturated heterocycles. The van der Waals surface area contributed by atoms with E-state index in [0.717, 1.165) is 0 Å². The van der Waals surface area contributed by atoms with Crippen molar-refractivity contribution in [2.75, 3.05) is 25.5 Å². The van der Waals surface area contributed by atoms with Crippen LogP contribution in [0.3, 0.4) is 0 Å². The van der Waals surface area contributed by atoms with Gasteiger partial charge in [-0.3, -0.25) is 9.59 Å². The molecule has 136 valence electrons. The minimum atomic E-state index is -0.132. The first-order valence-electron chi connectivity index (χ1n) is 8.42. The highest BCUT2D eigenvalue weighted by atomic mass is 35.5. The SMILES string of the molecule is COc1ccc(C(=O)N2CCC(C(=O)Nc3ccc(Cl)cn3)CC2)cc1. The average Bonchev–Trinajstić information content (AvgIpc) is 2.69. The number of methoxy groups -OCH3 is 1. The number of carbonyl (C=O) groups excluding carboxylic acids is 2. The van der Waals surface area contributed by atoms with E-state index in [2.05, 4.69) is 10.3 Å². The first-order valence-corrected chi connectivity index (χ1v) is 8.80. The molecule has 2 amide bonds. The number of likely N-dealkylation sites (tertiary alicyclic amines) is 1. The summed E-state index contributed by atoms with van der Waals surface area (Å²) in [6, 6.07) is 10.4. The van der Waals surface area contributed by atoms with E-state index in [9.17, 15) is 9.59 Å². The number of anilines is 1. The third kappa shape index (κ3) is 4.32. The zero-order valence-electron chi connectivity index (χ0n) is 14.4. The van der Waals surface area contributed by atoms with Gasteiger partial charge in [0.2, 0.25) is 5.91 Å². The molecule has 1 aromatic heterocycles. The summed E-state index contributed by atoms with van der Waals surface area (Å²) >= 11 is 5.79. The minimum absolute atomic E-state index is 0.0223. The maximum Gasteiger partial charge on any atom is 0.253 e. The number of hydrogen-bond donors (Lipinski definition) is 1. The van der Waals surface area contributed by atoms with Gasteiger partial charge in [-0.25, -0.2) is 4.98 Å². The predicted molar refractivity (Wildman–Crippen MR) is 99.5 cm³/mol. The fourth-order valence-corrected chi connectivity index (χ4v) is 3.05. The summed E-state index contributed by atoms with van der Waals surface area (Å²) in [5.41, 5.74) is 0.624. The molecule has 1 fully saturated rings. The number of benzene rings is 1. The lowest BCUT2D eigenvalue weighted by molar-refractivity contribution is -0.121. The fourth-order valence-electron chi connectivity index (χ4n) is 2.94. The number of halogens is 1. The van der Waals surface area contributed by atoms with Gasteiger partial charge < -0.3 is 15.0 Å². The number of hydrogen-bond acceptors (Lipinski definition) is 4. The summed E-state index contributed by atoms with van der Waals surface area (Å²) in [5.74, 6) is 0.971. The van der Waals surface area contributed by atoms with Crippen LogP contribution in [-0.4, -0.2) is 41.9 Å². The van der Waals surface area contributed by atoms with E-state index in [1.54, 1.807) is 48.4 Å². The van der Waals surface area contributed by atoms with Crippen molar-refractivity contribution in [2.24, 2.45) is 5.92 Å². The topological polar surface area (TPSA) is 71.5 Å². The third-order valence-corrected chi connectivity index (χ3v) is 4.69. The van der Waals surface area contributed by atoms with Crippen LogP contribution in [0, 0.1) is 5.92 Å². The second-order valence-electron chi connectivity index (χ2n) is 6.15. The molecule has 0 aliphatic carbocycles. The van der Waals surface area contributed by atoms with Gasteiger partial charge in [0, 0.05) is 30.8 Å². The summed E-state index contributed by atoms with van der Waals surface area (Å²) < 4.78 is 5.11. The zero-order chi connectivity index (χ0) is 18.5. The van der Waals surface area contributed by atoms with E-state index in [4.69, 9.17) is 16.3 Å². The molecule has 0 bridgehead atoms. The Kier molecular flexibility index (Phi) is 5.73. The van der Waals surface area contributed by atoms with Gasteiger partial charge >= 0.3 is 0 Å². The minimum Gasteiger partial charge on any atom is -0.497 e. The van der Waals surface area contributed by atoms with E-state index < -0.39 is 0 Å². The number of piperidine rings is 1. The standard InChI is InChI=1S/C19H20ClN3O3/c1-26-16-5-2-14(3-6-16)19(25)23-10-8-13(9-11-23)18(24)22-17-7-4-15(20)12-21-17/h2-7,12-13H,8-11H2,1H3,(H,21,22,24). The van der Waals surface area contributed by atoms with Gasteiger partial charge in [-0.05, 0) is 49.2 Å². The number of nitrogens with one attached hydrogen (secondary N) is 1. The molecule has 2 heterocycles. The lowest BCUT2D eigenvalue weighted by Crippen LogP contribution is -2.41. The van der Waals surface area contributed by atoms with Crippen LogP contribution < -0.4 is 10.1 Å². The largest absolute Gasteiger partial charge is 0.497 e. The Hall–Kier alpha value is -2.60. The van der Waals surface area contributed by atoms with Crippen molar-refractivity contribution in [3.63, 3.8) is 0 Å². The summed E-state index contributed by atoms with van der Waals surface area (Å²) in [5, 5.41) is 3.32. The molecule has 0 atom stereocenters. The Morgan fingerprint density at radius 3 is 2.42 bits per heavy atom. The number of nitrogens with zero attached hydrogens (tertiary/aromatic N) is 2.